The van der Waals surface area contributed by atoms with Crippen LogP contribution >= 0.6 is 0 Å². The summed E-state index contributed by atoms with van der Waals surface area (Å²) in [5.41, 5.74) is 0. The number of hydrogen-bond donors (Lipinski definition) is 2. The first-order valence-electron chi connectivity index (χ1n) is 9.86. The van der Waals surface area contributed by atoms with E-state index in [2.05, 4.69) is 29.0 Å². The van der Waals surface area contributed by atoms with Gasteiger partial charge >= 0.3 is 5.97 Å². The fraction of sp³-hybridized carbons (Fsp3) is 0.762. The van der Waals surface area contributed by atoms with Gasteiger partial charge in [0, 0.05) is 13.0 Å². The third-order valence-corrected chi connectivity index (χ3v) is 5.06. The minimum atomic E-state index is -0.195. The van der Waals surface area contributed by atoms with Crippen LogP contribution in [0, 0.1) is 11.8 Å². The van der Waals surface area contributed by atoms with Crippen molar-refractivity contribution in [1.82, 2.24) is 0 Å². The fourth-order valence-corrected chi connectivity index (χ4v) is 3.48. The lowest BCUT2D eigenvalue weighted by atomic mass is 9.90. The first kappa shape index (κ1) is 21.9. The maximum Gasteiger partial charge on any atom is 0.305 e. The van der Waals surface area contributed by atoms with Gasteiger partial charge in [-0.1, -0.05) is 37.1 Å². The van der Waals surface area contributed by atoms with E-state index in [1.807, 2.05) is 0 Å². The lowest BCUT2D eigenvalue weighted by molar-refractivity contribution is -0.140. The fourth-order valence-electron chi connectivity index (χ4n) is 3.48. The second-order valence-corrected chi connectivity index (χ2v) is 7.00. The molecule has 3 atom stereocenters. The summed E-state index contributed by atoms with van der Waals surface area (Å²) in [6.07, 6.45) is 19.2. The quantitative estimate of drug-likeness (QED) is 0.297. The summed E-state index contributed by atoms with van der Waals surface area (Å²) >= 11 is 0. The average Bonchev–Trinajstić information content (AvgIpc) is 2.97. The van der Waals surface area contributed by atoms with E-state index in [9.17, 15) is 9.90 Å². The molecule has 0 amide bonds. The maximum atomic E-state index is 11.0. The van der Waals surface area contributed by atoms with Gasteiger partial charge in [0.1, 0.15) is 0 Å². The standard InChI is InChI=1S/C21H36O4/c1-25-21(24)14-10-6-5-9-13-19-18(15-16-20(19)23)12-8-4-2-3-7-11-17-22/h5,8-9,12,18-20,22-23H,2-4,6-7,10-11,13-17H2,1H3/b9-5-,12-8?/t18-,19-,20-/m1/s1. The van der Waals surface area contributed by atoms with Gasteiger partial charge in [-0.05, 0) is 63.2 Å². The number of esters is 1. The molecule has 0 aromatic rings. The van der Waals surface area contributed by atoms with Gasteiger partial charge < -0.3 is 14.9 Å². The Morgan fingerprint density at radius 1 is 1.04 bits per heavy atom. The molecular formula is C21H36O4. The van der Waals surface area contributed by atoms with Crippen LogP contribution in [0.4, 0.5) is 0 Å². The number of allylic oxidation sites excluding steroid dienone is 4. The molecule has 1 fully saturated rings. The third kappa shape index (κ3) is 9.81. The topological polar surface area (TPSA) is 66.8 Å². The molecule has 4 heteroatoms. The number of rotatable bonds is 13. The van der Waals surface area contributed by atoms with E-state index in [1.54, 1.807) is 0 Å². The second kappa shape index (κ2) is 14.1. The van der Waals surface area contributed by atoms with E-state index in [4.69, 9.17) is 5.11 Å². The SMILES string of the molecule is COC(=O)CCC/C=C\C[C@H]1[C@H](O)CC[C@H]1C=CCCCCCCO. The van der Waals surface area contributed by atoms with Crippen LogP contribution in [0.5, 0.6) is 0 Å². The zero-order valence-electron chi connectivity index (χ0n) is 15.7. The van der Waals surface area contributed by atoms with Crippen LogP contribution in [-0.2, 0) is 9.53 Å². The Kier molecular flexibility index (Phi) is 12.3. The van der Waals surface area contributed by atoms with E-state index in [0.29, 0.717) is 24.9 Å². The van der Waals surface area contributed by atoms with Crippen molar-refractivity contribution in [3.8, 4) is 0 Å². The van der Waals surface area contributed by atoms with Crippen molar-refractivity contribution in [2.24, 2.45) is 11.8 Å². The highest BCUT2D eigenvalue weighted by molar-refractivity contribution is 5.69. The molecule has 0 bridgehead atoms. The number of aliphatic hydroxyl groups is 2. The Hall–Kier alpha value is -1.13. The molecule has 0 heterocycles. The molecule has 0 aromatic heterocycles. The van der Waals surface area contributed by atoms with Crippen LogP contribution in [0.25, 0.3) is 0 Å². The van der Waals surface area contributed by atoms with Gasteiger partial charge in [-0.15, -0.1) is 0 Å². The second-order valence-electron chi connectivity index (χ2n) is 7.00. The van der Waals surface area contributed by atoms with E-state index in [-0.39, 0.29) is 12.1 Å². The van der Waals surface area contributed by atoms with E-state index in [0.717, 1.165) is 51.4 Å². The van der Waals surface area contributed by atoms with Gasteiger partial charge in [-0.2, -0.15) is 0 Å². The summed E-state index contributed by atoms with van der Waals surface area (Å²) in [5, 5.41) is 19.0. The van der Waals surface area contributed by atoms with Crippen molar-refractivity contribution < 1.29 is 19.7 Å². The molecule has 1 rings (SSSR count). The predicted molar refractivity (Wildman–Crippen MR) is 101 cm³/mol. The molecule has 1 saturated carbocycles. The molecule has 0 radical (unpaired) electrons. The molecule has 2 N–H and O–H groups in total. The number of methoxy groups -OCH3 is 1. The molecule has 0 spiro atoms. The summed E-state index contributed by atoms with van der Waals surface area (Å²) in [6, 6.07) is 0. The summed E-state index contributed by atoms with van der Waals surface area (Å²) in [5.74, 6) is 0.649. The van der Waals surface area contributed by atoms with Crippen molar-refractivity contribution in [3.63, 3.8) is 0 Å². The molecular weight excluding hydrogens is 316 g/mol. The van der Waals surface area contributed by atoms with Gasteiger partial charge in [0.05, 0.1) is 13.2 Å². The van der Waals surface area contributed by atoms with E-state index in [1.165, 1.54) is 20.0 Å². The monoisotopic (exact) mass is 352 g/mol. The summed E-state index contributed by atoms with van der Waals surface area (Å²) in [4.78, 5) is 11.0. The van der Waals surface area contributed by atoms with Crippen molar-refractivity contribution in [2.75, 3.05) is 13.7 Å². The largest absolute Gasteiger partial charge is 0.469 e. The third-order valence-electron chi connectivity index (χ3n) is 5.06. The van der Waals surface area contributed by atoms with Crippen molar-refractivity contribution >= 4 is 5.97 Å². The Labute approximate surface area is 153 Å². The highest BCUT2D eigenvalue weighted by atomic mass is 16.5. The number of ether oxygens (including phenoxy) is 1. The summed E-state index contributed by atoms with van der Waals surface area (Å²) < 4.78 is 4.63. The molecule has 0 aliphatic heterocycles. The predicted octanol–water partition coefficient (Wildman–Crippen LogP) is 4.16. The number of carbonyl (C=O) groups excluding carboxylic acids is 1. The number of unbranched alkanes of at least 4 members (excludes halogenated alkanes) is 5. The van der Waals surface area contributed by atoms with Crippen molar-refractivity contribution in [3.05, 3.63) is 24.3 Å². The minimum absolute atomic E-state index is 0.152. The Morgan fingerprint density at radius 2 is 1.80 bits per heavy atom. The smallest absolute Gasteiger partial charge is 0.305 e. The van der Waals surface area contributed by atoms with Gasteiger partial charge in [-0.25, -0.2) is 0 Å². The molecule has 0 aromatic carbocycles. The van der Waals surface area contributed by atoms with Crippen LogP contribution in [0.15, 0.2) is 24.3 Å². The Bertz CT molecular complexity index is 403. The lowest BCUT2D eigenvalue weighted by Crippen LogP contribution is -2.17. The number of hydrogen-bond acceptors (Lipinski definition) is 4. The molecule has 1 aliphatic rings. The molecule has 1 aliphatic carbocycles. The summed E-state index contributed by atoms with van der Waals surface area (Å²) in [6.45, 7) is 0.299. The Morgan fingerprint density at radius 3 is 2.56 bits per heavy atom. The van der Waals surface area contributed by atoms with Gasteiger partial charge in [-0.3, -0.25) is 4.79 Å². The highest BCUT2D eigenvalue weighted by Gasteiger charge is 2.32. The van der Waals surface area contributed by atoms with Crippen LogP contribution < -0.4 is 0 Å². The van der Waals surface area contributed by atoms with E-state index >= 15 is 0 Å². The molecule has 0 unspecified atom stereocenters. The van der Waals surface area contributed by atoms with Gasteiger partial charge in [0.15, 0.2) is 0 Å². The van der Waals surface area contributed by atoms with Crippen LogP contribution in [0.2, 0.25) is 0 Å². The summed E-state index contributed by atoms with van der Waals surface area (Å²) in [7, 11) is 1.42. The Balaban J connectivity index is 2.22. The van der Waals surface area contributed by atoms with Crippen LogP contribution in [0.3, 0.4) is 0 Å². The zero-order valence-corrected chi connectivity index (χ0v) is 15.7. The minimum Gasteiger partial charge on any atom is -0.469 e. The zero-order chi connectivity index (χ0) is 18.3. The molecule has 25 heavy (non-hydrogen) atoms. The highest BCUT2D eigenvalue weighted by Crippen LogP contribution is 2.36. The van der Waals surface area contributed by atoms with Gasteiger partial charge in [0.2, 0.25) is 0 Å². The lowest BCUT2D eigenvalue weighted by Gasteiger charge is -2.17. The molecule has 4 nitrogen and oxygen atoms in total. The molecule has 0 saturated heterocycles. The normalized spacial score (nSPS) is 23.7. The van der Waals surface area contributed by atoms with Crippen molar-refractivity contribution in [1.29, 1.82) is 0 Å². The maximum absolute atomic E-state index is 11.0. The first-order valence-corrected chi connectivity index (χ1v) is 9.86. The average molecular weight is 353 g/mol. The number of aliphatic hydroxyl groups excluding tert-OH is 2. The van der Waals surface area contributed by atoms with Crippen LogP contribution in [0.1, 0.15) is 70.6 Å². The first-order chi connectivity index (χ1) is 12.2. The van der Waals surface area contributed by atoms with Crippen molar-refractivity contribution in [2.45, 2.75) is 76.7 Å². The van der Waals surface area contributed by atoms with E-state index < -0.39 is 0 Å². The van der Waals surface area contributed by atoms with Gasteiger partial charge in [0.25, 0.3) is 0 Å². The molecule has 144 valence electrons. The van der Waals surface area contributed by atoms with Crippen LogP contribution in [-0.4, -0.2) is 36.0 Å². The number of carbonyl (C=O) groups is 1.